The van der Waals surface area contributed by atoms with E-state index in [0.29, 0.717) is 23.7 Å². The van der Waals surface area contributed by atoms with E-state index in [9.17, 15) is 9.59 Å². The number of rotatable bonds is 4. The van der Waals surface area contributed by atoms with Crippen molar-refractivity contribution in [3.05, 3.63) is 36.5 Å². The summed E-state index contributed by atoms with van der Waals surface area (Å²) in [5, 5.41) is 6.13. The monoisotopic (exact) mass is 285 g/mol. The van der Waals surface area contributed by atoms with Gasteiger partial charge in [0.2, 0.25) is 0 Å². The first-order valence-corrected chi connectivity index (χ1v) is 7.01. The minimum atomic E-state index is -0.670. The molecule has 0 spiro atoms. The molecule has 0 aliphatic rings. The number of hydrogen-bond donors (Lipinski definition) is 2. The second-order valence-electron chi connectivity index (χ2n) is 5.27. The molecule has 0 bridgehead atoms. The lowest BCUT2D eigenvalue weighted by molar-refractivity contribution is -0.136. The highest BCUT2D eigenvalue weighted by atomic mass is 16.2. The van der Waals surface area contributed by atoms with Gasteiger partial charge >= 0.3 is 11.8 Å². The minimum absolute atomic E-state index is 0.482. The zero-order valence-electron chi connectivity index (χ0n) is 12.2. The molecule has 2 aromatic rings. The topological polar surface area (TPSA) is 71.1 Å². The second-order valence-corrected chi connectivity index (χ2v) is 5.27. The molecule has 2 rings (SSSR count). The fourth-order valence-corrected chi connectivity index (χ4v) is 1.94. The Hall–Kier alpha value is -2.43. The third-order valence-electron chi connectivity index (χ3n) is 3.09. The van der Waals surface area contributed by atoms with E-state index in [1.807, 2.05) is 24.3 Å². The van der Waals surface area contributed by atoms with Crippen LogP contribution in [0.3, 0.4) is 0 Å². The summed E-state index contributed by atoms with van der Waals surface area (Å²) in [7, 11) is 0. The van der Waals surface area contributed by atoms with Crippen LogP contribution in [0.1, 0.15) is 20.3 Å². The minimum Gasteiger partial charge on any atom is -0.348 e. The fourth-order valence-electron chi connectivity index (χ4n) is 1.94. The Bertz CT molecular complexity index is 648. The van der Waals surface area contributed by atoms with Gasteiger partial charge in [-0.1, -0.05) is 32.0 Å². The molecule has 2 amide bonds. The normalized spacial score (nSPS) is 10.6. The van der Waals surface area contributed by atoms with E-state index in [2.05, 4.69) is 29.5 Å². The number of aromatic nitrogens is 1. The van der Waals surface area contributed by atoms with Gasteiger partial charge in [0.15, 0.2) is 0 Å². The van der Waals surface area contributed by atoms with Crippen LogP contribution in [0.15, 0.2) is 36.5 Å². The smallest absolute Gasteiger partial charge is 0.313 e. The molecule has 0 fully saturated rings. The summed E-state index contributed by atoms with van der Waals surface area (Å²) in [5.41, 5.74) is 1.21. The second kappa shape index (κ2) is 6.83. The number of pyridine rings is 1. The van der Waals surface area contributed by atoms with Crippen LogP contribution in [0, 0.1) is 5.92 Å². The Labute approximate surface area is 123 Å². The maximum Gasteiger partial charge on any atom is 0.313 e. The molecular weight excluding hydrogens is 266 g/mol. The maximum absolute atomic E-state index is 11.9. The summed E-state index contributed by atoms with van der Waals surface area (Å²) < 4.78 is 0. The zero-order valence-corrected chi connectivity index (χ0v) is 12.2. The molecule has 5 nitrogen and oxygen atoms in total. The van der Waals surface area contributed by atoms with Crippen LogP contribution >= 0.6 is 0 Å². The largest absolute Gasteiger partial charge is 0.348 e. The van der Waals surface area contributed by atoms with Gasteiger partial charge in [0.05, 0.1) is 11.2 Å². The molecule has 21 heavy (non-hydrogen) atoms. The summed E-state index contributed by atoms with van der Waals surface area (Å²) in [4.78, 5) is 27.8. The number of benzene rings is 1. The van der Waals surface area contributed by atoms with Crippen molar-refractivity contribution in [2.24, 2.45) is 5.92 Å². The molecule has 0 radical (unpaired) electrons. The van der Waals surface area contributed by atoms with Crippen molar-refractivity contribution in [3.8, 4) is 0 Å². The van der Waals surface area contributed by atoms with E-state index in [1.165, 1.54) is 0 Å². The summed E-state index contributed by atoms with van der Waals surface area (Å²) >= 11 is 0. The highest BCUT2D eigenvalue weighted by molar-refractivity contribution is 6.40. The number of fused-ring (bicyclic) bond motifs is 1. The van der Waals surface area contributed by atoms with Gasteiger partial charge in [-0.25, -0.2) is 0 Å². The van der Waals surface area contributed by atoms with Crippen molar-refractivity contribution in [1.29, 1.82) is 0 Å². The average molecular weight is 285 g/mol. The zero-order chi connectivity index (χ0) is 15.2. The quantitative estimate of drug-likeness (QED) is 0.847. The molecule has 1 heterocycles. The van der Waals surface area contributed by atoms with Gasteiger partial charge in [0, 0.05) is 18.1 Å². The predicted octanol–water partition coefficient (Wildman–Crippen LogP) is 2.34. The van der Waals surface area contributed by atoms with Gasteiger partial charge in [0.1, 0.15) is 0 Å². The van der Waals surface area contributed by atoms with Gasteiger partial charge in [0.25, 0.3) is 0 Å². The van der Waals surface area contributed by atoms with Crippen molar-refractivity contribution in [2.45, 2.75) is 20.3 Å². The van der Waals surface area contributed by atoms with Crippen molar-refractivity contribution >= 4 is 28.4 Å². The van der Waals surface area contributed by atoms with Crippen LogP contribution in [0.25, 0.3) is 10.9 Å². The lowest BCUT2D eigenvalue weighted by Crippen LogP contribution is -2.36. The molecule has 0 aliphatic heterocycles. The summed E-state index contributed by atoms with van der Waals surface area (Å²) in [5.74, 6) is -0.809. The molecular formula is C16H19N3O2. The van der Waals surface area contributed by atoms with Crippen LogP contribution in [0.2, 0.25) is 0 Å². The molecule has 2 N–H and O–H groups in total. The number of hydrogen-bond acceptors (Lipinski definition) is 3. The van der Waals surface area contributed by atoms with E-state index in [0.717, 1.165) is 11.8 Å². The average Bonchev–Trinajstić information content (AvgIpc) is 2.47. The van der Waals surface area contributed by atoms with Gasteiger partial charge in [-0.15, -0.1) is 0 Å². The number of carbonyl (C=O) groups is 2. The van der Waals surface area contributed by atoms with Crippen molar-refractivity contribution < 1.29 is 9.59 Å². The SMILES string of the molecule is CC(C)CCNC(=O)C(=O)Nc1cccc2cccnc12. The van der Waals surface area contributed by atoms with Crippen LogP contribution < -0.4 is 10.6 Å². The van der Waals surface area contributed by atoms with E-state index < -0.39 is 11.8 Å². The summed E-state index contributed by atoms with van der Waals surface area (Å²) in [6.45, 7) is 4.62. The number of para-hydroxylation sites is 1. The number of anilines is 1. The van der Waals surface area contributed by atoms with Crippen LogP contribution in [-0.4, -0.2) is 23.3 Å². The lowest BCUT2D eigenvalue weighted by atomic mass is 10.1. The van der Waals surface area contributed by atoms with Crippen molar-refractivity contribution in [1.82, 2.24) is 10.3 Å². The lowest BCUT2D eigenvalue weighted by Gasteiger charge is -2.09. The maximum atomic E-state index is 11.9. The number of nitrogens with zero attached hydrogens (tertiary/aromatic N) is 1. The van der Waals surface area contributed by atoms with Crippen LogP contribution in [0.5, 0.6) is 0 Å². The fraction of sp³-hybridized carbons (Fsp3) is 0.312. The van der Waals surface area contributed by atoms with Gasteiger partial charge in [-0.3, -0.25) is 14.6 Å². The molecule has 0 saturated carbocycles. The first-order valence-electron chi connectivity index (χ1n) is 7.01. The summed E-state index contributed by atoms with van der Waals surface area (Å²) in [6.07, 6.45) is 2.50. The van der Waals surface area contributed by atoms with Gasteiger partial charge < -0.3 is 10.6 Å². The van der Waals surface area contributed by atoms with Crippen LogP contribution in [-0.2, 0) is 9.59 Å². The third kappa shape index (κ3) is 4.02. The molecule has 0 saturated heterocycles. The standard InChI is InChI=1S/C16H19N3O2/c1-11(2)8-10-18-15(20)16(21)19-13-7-3-5-12-6-4-9-17-14(12)13/h3-7,9,11H,8,10H2,1-2H3,(H,18,20)(H,19,21). The Kier molecular flexibility index (Phi) is 4.87. The van der Waals surface area contributed by atoms with Crippen molar-refractivity contribution in [2.75, 3.05) is 11.9 Å². The van der Waals surface area contributed by atoms with E-state index in [4.69, 9.17) is 0 Å². The Morgan fingerprint density at radius 3 is 2.67 bits per heavy atom. The molecule has 1 aromatic heterocycles. The highest BCUT2D eigenvalue weighted by Gasteiger charge is 2.14. The third-order valence-corrected chi connectivity index (χ3v) is 3.09. The molecule has 0 atom stereocenters. The first kappa shape index (κ1) is 15.0. The molecule has 1 aromatic carbocycles. The molecule has 110 valence electrons. The van der Waals surface area contributed by atoms with E-state index >= 15 is 0 Å². The Morgan fingerprint density at radius 2 is 1.90 bits per heavy atom. The first-order chi connectivity index (χ1) is 10.1. The van der Waals surface area contributed by atoms with Crippen LogP contribution in [0.4, 0.5) is 5.69 Å². The molecule has 0 unspecified atom stereocenters. The predicted molar refractivity (Wildman–Crippen MR) is 82.8 cm³/mol. The van der Waals surface area contributed by atoms with Gasteiger partial charge in [-0.2, -0.15) is 0 Å². The Morgan fingerprint density at radius 1 is 1.14 bits per heavy atom. The van der Waals surface area contributed by atoms with Gasteiger partial charge in [-0.05, 0) is 24.5 Å². The summed E-state index contributed by atoms with van der Waals surface area (Å²) in [6, 6.07) is 9.18. The number of nitrogens with one attached hydrogen (secondary N) is 2. The number of amides is 2. The molecule has 0 aliphatic carbocycles. The van der Waals surface area contributed by atoms with Crippen molar-refractivity contribution in [3.63, 3.8) is 0 Å². The molecule has 5 heteroatoms. The number of carbonyl (C=O) groups excluding carboxylic acids is 2. The Balaban J connectivity index is 2.03. The van der Waals surface area contributed by atoms with E-state index in [1.54, 1.807) is 12.3 Å². The van der Waals surface area contributed by atoms with E-state index in [-0.39, 0.29) is 0 Å². The highest BCUT2D eigenvalue weighted by Crippen LogP contribution is 2.20.